The van der Waals surface area contributed by atoms with E-state index in [1.807, 2.05) is 12.1 Å². The van der Waals surface area contributed by atoms with Gasteiger partial charge in [-0.05, 0) is 49.0 Å². The van der Waals surface area contributed by atoms with Crippen molar-refractivity contribution in [1.29, 1.82) is 0 Å². The highest BCUT2D eigenvalue weighted by atomic mass is 16.1. The molecule has 4 nitrogen and oxygen atoms in total. The molecule has 96 valence electrons. The Morgan fingerprint density at radius 1 is 1.39 bits per heavy atom. The lowest BCUT2D eigenvalue weighted by Gasteiger charge is -2.28. The average molecular weight is 245 g/mol. The third-order valence-electron chi connectivity index (χ3n) is 3.98. The van der Waals surface area contributed by atoms with Gasteiger partial charge in [-0.1, -0.05) is 12.1 Å². The van der Waals surface area contributed by atoms with Crippen LogP contribution in [0.25, 0.3) is 0 Å². The van der Waals surface area contributed by atoms with E-state index in [-0.39, 0.29) is 11.9 Å². The van der Waals surface area contributed by atoms with Crippen LogP contribution in [0.2, 0.25) is 0 Å². The molecular weight excluding hydrogens is 226 g/mol. The zero-order valence-corrected chi connectivity index (χ0v) is 10.4. The van der Waals surface area contributed by atoms with Crippen LogP contribution in [-0.4, -0.2) is 19.0 Å². The van der Waals surface area contributed by atoms with Crippen LogP contribution >= 0.6 is 0 Å². The number of carbonyl (C=O) groups excluding carboxylic acids is 1. The Morgan fingerprint density at radius 2 is 2.28 bits per heavy atom. The number of benzene rings is 1. The highest BCUT2D eigenvalue weighted by Crippen LogP contribution is 2.30. The fraction of sp³-hybridized carbons (Fsp3) is 0.500. The largest absolute Gasteiger partial charge is 0.326 e. The van der Waals surface area contributed by atoms with Gasteiger partial charge in [0.05, 0.1) is 6.42 Å². The van der Waals surface area contributed by atoms with E-state index in [1.54, 1.807) is 0 Å². The number of nitrogens with one attached hydrogen (secondary N) is 2. The number of carbonyl (C=O) groups is 1. The van der Waals surface area contributed by atoms with Crippen molar-refractivity contribution in [2.45, 2.75) is 25.3 Å². The van der Waals surface area contributed by atoms with Gasteiger partial charge in [0, 0.05) is 11.7 Å². The summed E-state index contributed by atoms with van der Waals surface area (Å²) in [6.45, 7) is 2.10. The monoisotopic (exact) mass is 245 g/mol. The van der Waals surface area contributed by atoms with Crippen molar-refractivity contribution in [1.82, 2.24) is 5.32 Å². The number of hydrogen-bond donors (Lipinski definition) is 3. The molecule has 0 radical (unpaired) electrons. The molecule has 1 amide bonds. The first-order valence-corrected chi connectivity index (χ1v) is 6.63. The Morgan fingerprint density at radius 3 is 3.06 bits per heavy atom. The normalized spacial score (nSPS) is 24.5. The number of rotatable bonds is 2. The molecule has 2 atom stereocenters. The molecule has 2 heterocycles. The van der Waals surface area contributed by atoms with Crippen LogP contribution in [0.4, 0.5) is 5.69 Å². The van der Waals surface area contributed by atoms with Gasteiger partial charge >= 0.3 is 0 Å². The second kappa shape index (κ2) is 4.71. The number of anilines is 1. The molecular formula is C14H19N3O. The van der Waals surface area contributed by atoms with Crippen LogP contribution in [0.15, 0.2) is 18.2 Å². The van der Waals surface area contributed by atoms with Crippen molar-refractivity contribution < 1.29 is 4.79 Å². The van der Waals surface area contributed by atoms with Crippen LogP contribution in [0.5, 0.6) is 0 Å². The first-order chi connectivity index (χ1) is 8.74. The topological polar surface area (TPSA) is 67.2 Å². The number of nitrogens with two attached hydrogens (primary N) is 1. The van der Waals surface area contributed by atoms with Crippen molar-refractivity contribution >= 4 is 11.6 Å². The summed E-state index contributed by atoms with van der Waals surface area (Å²) in [4.78, 5) is 11.3. The summed E-state index contributed by atoms with van der Waals surface area (Å²) >= 11 is 0. The van der Waals surface area contributed by atoms with Gasteiger partial charge in [-0.15, -0.1) is 0 Å². The maximum Gasteiger partial charge on any atom is 0.228 e. The molecule has 4 N–H and O–H groups in total. The lowest BCUT2D eigenvalue weighted by atomic mass is 9.87. The van der Waals surface area contributed by atoms with Gasteiger partial charge in [0.15, 0.2) is 0 Å². The van der Waals surface area contributed by atoms with Gasteiger partial charge in [-0.2, -0.15) is 0 Å². The minimum absolute atomic E-state index is 0.0683. The molecule has 1 aromatic carbocycles. The van der Waals surface area contributed by atoms with Gasteiger partial charge in [-0.3, -0.25) is 4.79 Å². The van der Waals surface area contributed by atoms with E-state index in [1.165, 1.54) is 12.8 Å². The van der Waals surface area contributed by atoms with Crippen molar-refractivity contribution in [3.05, 3.63) is 29.3 Å². The molecule has 4 heteroatoms. The number of hydrogen-bond acceptors (Lipinski definition) is 3. The van der Waals surface area contributed by atoms with Gasteiger partial charge in [0.25, 0.3) is 0 Å². The Bertz CT molecular complexity index is 466. The van der Waals surface area contributed by atoms with Crippen LogP contribution in [0, 0.1) is 5.92 Å². The molecule has 2 aliphatic heterocycles. The van der Waals surface area contributed by atoms with Crippen molar-refractivity contribution in [2.75, 3.05) is 18.4 Å². The van der Waals surface area contributed by atoms with Crippen LogP contribution in [0.1, 0.15) is 30.0 Å². The summed E-state index contributed by atoms with van der Waals surface area (Å²) in [6.07, 6.45) is 2.87. The average Bonchev–Trinajstić information content (AvgIpc) is 2.78. The number of piperidine rings is 1. The number of fused-ring (bicyclic) bond motifs is 1. The van der Waals surface area contributed by atoms with E-state index >= 15 is 0 Å². The van der Waals surface area contributed by atoms with Crippen LogP contribution in [-0.2, 0) is 11.2 Å². The van der Waals surface area contributed by atoms with E-state index in [0.29, 0.717) is 12.3 Å². The summed E-state index contributed by atoms with van der Waals surface area (Å²) in [6, 6.07) is 6.18. The maximum atomic E-state index is 11.3. The van der Waals surface area contributed by atoms with E-state index in [9.17, 15) is 4.79 Å². The van der Waals surface area contributed by atoms with E-state index in [0.717, 1.165) is 29.9 Å². The molecule has 1 fully saturated rings. The molecule has 2 unspecified atom stereocenters. The van der Waals surface area contributed by atoms with E-state index in [4.69, 9.17) is 5.73 Å². The second-order valence-corrected chi connectivity index (χ2v) is 5.27. The van der Waals surface area contributed by atoms with Crippen molar-refractivity contribution in [3.63, 3.8) is 0 Å². The molecule has 18 heavy (non-hydrogen) atoms. The Kier molecular flexibility index (Phi) is 3.06. The lowest BCUT2D eigenvalue weighted by Crippen LogP contribution is -2.36. The summed E-state index contributed by atoms with van der Waals surface area (Å²) < 4.78 is 0. The smallest absolute Gasteiger partial charge is 0.228 e. The predicted octanol–water partition coefficient (Wildman–Crippen LogP) is 1.18. The summed E-state index contributed by atoms with van der Waals surface area (Å²) in [5, 5.41) is 6.25. The Balaban J connectivity index is 1.80. The molecule has 3 rings (SSSR count). The molecule has 1 aromatic rings. The highest BCUT2D eigenvalue weighted by molar-refractivity contribution is 5.99. The van der Waals surface area contributed by atoms with Gasteiger partial charge in [0.2, 0.25) is 5.91 Å². The highest BCUT2D eigenvalue weighted by Gasteiger charge is 2.24. The molecule has 2 aliphatic rings. The maximum absolute atomic E-state index is 11.3. The molecule has 0 spiro atoms. The zero-order valence-electron chi connectivity index (χ0n) is 10.4. The van der Waals surface area contributed by atoms with E-state index in [2.05, 4.69) is 16.7 Å². The van der Waals surface area contributed by atoms with Gasteiger partial charge < -0.3 is 16.4 Å². The standard InChI is InChI=1S/C14H19N3O/c15-14(10-2-1-5-16-8-10)9-3-4-12-11(6-9)7-13(18)17-12/h3-4,6,10,14,16H,1-2,5,7-8,15H2,(H,17,18). The third kappa shape index (κ3) is 2.13. The van der Waals surface area contributed by atoms with Gasteiger partial charge in [0.1, 0.15) is 0 Å². The molecule has 1 saturated heterocycles. The zero-order chi connectivity index (χ0) is 12.5. The Hall–Kier alpha value is -1.39. The molecule has 0 aliphatic carbocycles. The van der Waals surface area contributed by atoms with Crippen LogP contribution in [0.3, 0.4) is 0 Å². The minimum atomic E-state index is 0.0683. The lowest BCUT2D eigenvalue weighted by molar-refractivity contribution is -0.115. The first-order valence-electron chi connectivity index (χ1n) is 6.63. The minimum Gasteiger partial charge on any atom is -0.326 e. The number of amides is 1. The fourth-order valence-electron chi connectivity index (χ4n) is 2.91. The van der Waals surface area contributed by atoms with Gasteiger partial charge in [-0.25, -0.2) is 0 Å². The fourth-order valence-corrected chi connectivity index (χ4v) is 2.91. The molecule has 0 saturated carbocycles. The van der Waals surface area contributed by atoms with Crippen molar-refractivity contribution in [3.8, 4) is 0 Å². The molecule has 0 bridgehead atoms. The quantitative estimate of drug-likeness (QED) is 0.733. The summed E-state index contributed by atoms with van der Waals surface area (Å²) in [7, 11) is 0. The van der Waals surface area contributed by atoms with E-state index < -0.39 is 0 Å². The first kappa shape index (κ1) is 11.7. The molecule has 0 aromatic heterocycles. The third-order valence-corrected chi connectivity index (χ3v) is 3.98. The predicted molar refractivity (Wildman–Crippen MR) is 71.3 cm³/mol. The summed E-state index contributed by atoms with van der Waals surface area (Å²) in [5.74, 6) is 0.580. The SMILES string of the molecule is NC(c1ccc2c(c1)CC(=O)N2)C1CCCNC1. The summed E-state index contributed by atoms with van der Waals surface area (Å²) in [5.41, 5.74) is 9.53. The van der Waals surface area contributed by atoms with Crippen molar-refractivity contribution in [2.24, 2.45) is 11.7 Å². The second-order valence-electron chi connectivity index (χ2n) is 5.27. The Labute approximate surface area is 107 Å². The van der Waals surface area contributed by atoms with Crippen LogP contribution < -0.4 is 16.4 Å².